The quantitative estimate of drug-likeness (QED) is 0.722. The number of hydrogen-bond acceptors (Lipinski definition) is 3. The summed E-state index contributed by atoms with van der Waals surface area (Å²) in [4.78, 5) is 28.4. The van der Waals surface area contributed by atoms with Crippen LogP contribution in [0.1, 0.15) is 29.6 Å². The molecule has 2 N–H and O–H groups in total. The van der Waals surface area contributed by atoms with E-state index < -0.39 is 0 Å². The van der Waals surface area contributed by atoms with E-state index in [4.69, 9.17) is 0 Å². The average molecular weight is 380 g/mol. The zero-order chi connectivity index (χ0) is 19.8. The van der Waals surface area contributed by atoms with Crippen molar-refractivity contribution in [3.8, 4) is 0 Å². The van der Waals surface area contributed by atoms with E-state index in [2.05, 4.69) is 27.7 Å². The molecule has 148 valence electrons. The van der Waals surface area contributed by atoms with Crippen molar-refractivity contribution >= 4 is 23.3 Å². The molecule has 0 radical (unpaired) electrons. The summed E-state index contributed by atoms with van der Waals surface area (Å²) in [5, 5.41) is 5.68. The number of carbonyl (C=O) groups excluding carboxylic acids is 2. The first-order chi connectivity index (χ1) is 13.6. The standard InChI is InChI=1S/C22H28N4O2/c1-25(20-8-3-2-4-9-20)15-7-14-23-22(28)24-19-12-10-18(11-13-19)21(27)26-16-5-6-17-26/h2-4,8-13H,5-7,14-17H2,1H3,(H2,23,24,28). The molecule has 0 saturated carbocycles. The van der Waals surface area contributed by atoms with Crippen LogP contribution >= 0.6 is 0 Å². The third-order valence-corrected chi connectivity index (χ3v) is 4.94. The molecule has 2 aromatic rings. The fourth-order valence-corrected chi connectivity index (χ4v) is 3.30. The first kappa shape index (κ1) is 19.7. The molecule has 2 aromatic carbocycles. The third-order valence-electron chi connectivity index (χ3n) is 4.94. The zero-order valence-corrected chi connectivity index (χ0v) is 16.4. The Labute approximate surface area is 166 Å². The van der Waals surface area contributed by atoms with E-state index in [9.17, 15) is 9.59 Å². The van der Waals surface area contributed by atoms with Crippen LogP contribution < -0.4 is 15.5 Å². The zero-order valence-electron chi connectivity index (χ0n) is 16.4. The summed E-state index contributed by atoms with van der Waals surface area (Å²) in [5.41, 5.74) is 2.50. The molecule has 0 atom stereocenters. The second-order valence-electron chi connectivity index (χ2n) is 7.07. The molecule has 6 heteroatoms. The highest BCUT2D eigenvalue weighted by Crippen LogP contribution is 2.15. The molecule has 6 nitrogen and oxygen atoms in total. The number of hydrogen-bond donors (Lipinski definition) is 2. The molecule has 28 heavy (non-hydrogen) atoms. The Bertz CT molecular complexity index is 771. The topological polar surface area (TPSA) is 64.7 Å². The average Bonchev–Trinajstić information content (AvgIpc) is 3.26. The minimum atomic E-state index is -0.235. The van der Waals surface area contributed by atoms with E-state index in [-0.39, 0.29) is 11.9 Å². The van der Waals surface area contributed by atoms with Crippen LogP contribution in [0.4, 0.5) is 16.2 Å². The van der Waals surface area contributed by atoms with Crippen LogP contribution in [-0.4, -0.2) is 50.1 Å². The van der Waals surface area contributed by atoms with Gasteiger partial charge in [-0.2, -0.15) is 0 Å². The Kier molecular flexibility index (Phi) is 6.89. The fraction of sp³-hybridized carbons (Fsp3) is 0.364. The predicted molar refractivity (Wildman–Crippen MR) is 113 cm³/mol. The summed E-state index contributed by atoms with van der Waals surface area (Å²) in [6.45, 7) is 3.12. The molecule has 3 amide bonds. The monoisotopic (exact) mass is 380 g/mol. The smallest absolute Gasteiger partial charge is 0.319 e. The van der Waals surface area contributed by atoms with E-state index in [1.54, 1.807) is 24.3 Å². The van der Waals surface area contributed by atoms with Gasteiger partial charge in [0, 0.05) is 50.2 Å². The van der Waals surface area contributed by atoms with Crippen molar-refractivity contribution < 1.29 is 9.59 Å². The van der Waals surface area contributed by atoms with Crippen molar-refractivity contribution in [2.45, 2.75) is 19.3 Å². The van der Waals surface area contributed by atoms with Crippen molar-refractivity contribution in [3.05, 3.63) is 60.2 Å². The van der Waals surface area contributed by atoms with E-state index in [0.29, 0.717) is 17.8 Å². The van der Waals surface area contributed by atoms with Gasteiger partial charge in [-0.15, -0.1) is 0 Å². The van der Waals surface area contributed by atoms with Gasteiger partial charge in [0.05, 0.1) is 0 Å². The number of anilines is 2. The maximum atomic E-state index is 12.3. The van der Waals surface area contributed by atoms with Gasteiger partial charge in [-0.05, 0) is 55.7 Å². The lowest BCUT2D eigenvalue weighted by atomic mass is 10.2. The first-order valence-corrected chi connectivity index (χ1v) is 9.84. The highest BCUT2D eigenvalue weighted by atomic mass is 16.2. The van der Waals surface area contributed by atoms with E-state index in [1.807, 2.05) is 30.1 Å². The van der Waals surface area contributed by atoms with Crippen LogP contribution in [0.5, 0.6) is 0 Å². The number of likely N-dealkylation sites (tertiary alicyclic amines) is 1. The van der Waals surface area contributed by atoms with Crippen LogP contribution in [0.15, 0.2) is 54.6 Å². The van der Waals surface area contributed by atoms with Crippen LogP contribution in [0.2, 0.25) is 0 Å². The SMILES string of the molecule is CN(CCCNC(=O)Nc1ccc(C(=O)N2CCCC2)cc1)c1ccccc1. The Morgan fingerprint density at radius 3 is 2.36 bits per heavy atom. The normalized spacial score (nSPS) is 13.2. The van der Waals surface area contributed by atoms with Crippen LogP contribution in [0, 0.1) is 0 Å². The summed E-state index contributed by atoms with van der Waals surface area (Å²) in [6.07, 6.45) is 3.00. The minimum Gasteiger partial charge on any atom is -0.375 e. The summed E-state index contributed by atoms with van der Waals surface area (Å²) < 4.78 is 0. The summed E-state index contributed by atoms with van der Waals surface area (Å²) in [7, 11) is 2.04. The Morgan fingerprint density at radius 2 is 1.68 bits per heavy atom. The first-order valence-electron chi connectivity index (χ1n) is 9.84. The predicted octanol–water partition coefficient (Wildman–Crippen LogP) is 3.57. The largest absolute Gasteiger partial charge is 0.375 e. The molecule has 1 aliphatic heterocycles. The van der Waals surface area contributed by atoms with Crippen molar-refractivity contribution in [1.82, 2.24) is 10.2 Å². The maximum Gasteiger partial charge on any atom is 0.319 e. The lowest BCUT2D eigenvalue weighted by Gasteiger charge is -2.19. The van der Waals surface area contributed by atoms with Gasteiger partial charge >= 0.3 is 6.03 Å². The fourth-order valence-electron chi connectivity index (χ4n) is 3.30. The number of amides is 3. The van der Waals surface area contributed by atoms with Gasteiger partial charge in [-0.1, -0.05) is 18.2 Å². The number of rotatable bonds is 7. The molecule has 1 fully saturated rings. The Morgan fingerprint density at radius 1 is 1.00 bits per heavy atom. The number of benzene rings is 2. The third kappa shape index (κ3) is 5.49. The van der Waals surface area contributed by atoms with E-state index in [0.717, 1.165) is 44.6 Å². The summed E-state index contributed by atoms with van der Waals surface area (Å²) >= 11 is 0. The van der Waals surface area contributed by atoms with Gasteiger partial charge in [0.25, 0.3) is 5.91 Å². The van der Waals surface area contributed by atoms with Gasteiger partial charge in [-0.3, -0.25) is 4.79 Å². The van der Waals surface area contributed by atoms with Crippen LogP contribution in [-0.2, 0) is 0 Å². The van der Waals surface area contributed by atoms with Crippen LogP contribution in [0.3, 0.4) is 0 Å². The number of nitrogens with one attached hydrogen (secondary N) is 2. The van der Waals surface area contributed by atoms with Crippen LogP contribution in [0.25, 0.3) is 0 Å². The number of para-hydroxylation sites is 1. The maximum absolute atomic E-state index is 12.3. The lowest BCUT2D eigenvalue weighted by molar-refractivity contribution is 0.0793. The van der Waals surface area contributed by atoms with Crippen molar-refractivity contribution in [2.75, 3.05) is 43.4 Å². The molecule has 0 aromatic heterocycles. The molecule has 1 heterocycles. The van der Waals surface area contributed by atoms with Gasteiger partial charge < -0.3 is 20.4 Å². The van der Waals surface area contributed by atoms with Gasteiger partial charge in [0.2, 0.25) is 0 Å². The molecule has 0 unspecified atom stereocenters. The second-order valence-corrected chi connectivity index (χ2v) is 7.07. The molecular formula is C22H28N4O2. The molecule has 3 rings (SSSR count). The molecule has 0 aliphatic carbocycles. The minimum absolute atomic E-state index is 0.0658. The van der Waals surface area contributed by atoms with Gasteiger partial charge in [0.15, 0.2) is 0 Å². The Hall–Kier alpha value is -3.02. The summed E-state index contributed by atoms with van der Waals surface area (Å²) in [6, 6.07) is 17.0. The van der Waals surface area contributed by atoms with E-state index in [1.165, 1.54) is 0 Å². The highest BCUT2D eigenvalue weighted by Gasteiger charge is 2.19. The van der Waals surface area contributed by atoms with E-state index >= 15 is 0 Å². The second kappa shape index (κ2) is 9.78. The molecular weight excluding hydrogens is 352 g/mol. The number of nitrogens with zero attached hydrogens (tertiary/aromatic N) is 2. The van der Waals surface area contributed by atoms with Crippen molar-refractivity contribution in [2.24, 2.45) is 0 Å². The summed E-state index contributed by atoms with van der Waals surface area (Å²) in [5.74, 6) is 0.0658. The lowest BCUT2D eigenvalue weighted by Crippen LogP contribution is -2.31. The Balaban J connectivity index is 1.38. The molecule has 0 bridgehead atoms. The molecule has 1 aliphatic rings. The van der Waals surface area contributed by atoms with Crippen molar-refractivity contribution in [1.29, 1.82) is 0 Å². The van der Waals surface area contributed by atoms with Crippen molar-refractivity contribution in [3.63, 3.8) is 0 Å². The highest BCUT2D eigenvalue weighted by molar-refractivity contribution is 5.95. The van der Waals surface area contributed by atoms with Gasteiger partial charge in [0.1, 0.15) is 0 Å². The molecule has 1 saturated heterocycles. The number of carbonyl (C=O) groups is 2. The molecule has 0 spiro atoms. The number of urea groups is 1. The van der Waals surface area contributed by atoms with Gasteiger partial charge in [-0.25, -0.2) is 4.79 Å².